The SMILES string of the molecule is Br.Cc1cc2c(cc1C)C(CCc1ccc(Cl)cc1)N(C)CC2. The van der Waals surface area contributed by atoms with E-state index in [0.29, 0.717) is 6.04 Å². The summed E-state index contributed by atoms with van der Waals surface area (Å²) in [4.78, 5) is 2.51. The van der Waals surface area contributed by atoms with Crippen LogP contribution in [0.25, 0.3) is 0 Å². The van der Waals surface area contributed by atoms with Gasteiger partial charge in [-0.25, -0.2) is 0 Å². The highest BCUT2D eigenvalue weighted by atomic mass is 79.9. The fourth-order valence-corrected chi connectivity index (χ4v) is 3.57. The maximum Gasteiger partial charge on any atom is 0.0406 e. The fraction of sp³-hybridized carbons (Fsp3) is 0.400. The third-order valence-electron chi connectivity index (χ3n) is 5.00. The van der Waals surface area contributed by atoms with Gasteiger partial charge in [0, 0.05) is 17.6 Å². The molecule has 0 aliphatic carbocycles. The molecule has 0 radical (unpaired) electrons. The summed E-state index contributed by atoms with van der Waals surface area (Å²) in [6.45, 7) is 5.60. The minimum absolute atomic E-state index is 0. The molecule has 1 unspecified atom stereocenters. The van der Waals surface area contributed by atoms with E-state index in [9.17, 15) is 0 Å². The number of nitrogens with zero attached hydrogens (tertiary/aromatic N) is 1. The van der Waals surface area contributed by atoms with Gasteiger partial charge in [-0.15, -0.1) is 17.0 Å². The Balaban J connectivity index is 0.00000192. The zero-order valence-electron chi connectivity index (χ0n) is 14.1. The molecule has 23 heavy (non-hydrogen) atoms. The Labute approximate surface area is 155 Å². The molecule has 0 amide bonds. The molecule has 3 rings (SSSR count). The van der Waals surface area contributed by atoms with Gasteiger partial charge in [-0.2, -0.15) is 0 Å². The molecule has 0 saturated heterocycles. The zero-order valence-corrected chi connectivity index (χ0v) is 16.6. The highest BCUT2D eigenvalue weighted by molar-refractivity contribution is 8.93. The molecule has 0 aromatic heterocycles. The molecule has 1 aliphatic heterocycles. The Bertz CT molecular complexity index is 666. The van der Waals surface area contributed by atoms with Gasteiger partial charge in [0.15, 0.2) is 0 Å². The predicted octanol–water partition coefficient (Wildman–Crippen LogP) is 5.70. The van der Waals surface area contributed by atoms with Crippen LogP contribution in [-0.4, -0.2) is 18.5 Å². The standard InChI is InChI=1S/C20H24ClN.BrH/c1-14-12-17-10-11-22(3)20(19(17)13-15(14)2)9-6-16-4-7-18(21)8-5-16;/h4-5,7-8,12-13,20H,6,9-11H2,1-3H3;1H. The molecule has 1 atom stereocenters. The van der Waals surface area contributed by atoms with Crippen LogP contribution in [0.15, 0.2) is 36.4 Å². The summed E-state index contributed by atoms with van der Waals surface area (Å²) in [6.07, 6.45) is 3.43. The fourth-order valence-electron chi connectivity index (χ4n) is 3.45. The van der Waals surface area contributed by atoms with E-state index < -0.39 is 0 Å². The van der Waals surface area contributed by atoms with Gasteiger partial charge < -0.3 is 0 Å². The van der Waals surface area contributed by atoms with Gasteiger partial charge >= 0.3 is 0 Å². The Kier molecular flexibility index (Phi) is 6.30. The number of hydrogen-bond acceptors (Lipinski definition) is 1. The van der Waals surface area contributed by atoms with Crippen molar-refractivity contribution in [1.29, 1.82) is 0 Å². The number of benzene rings is 2. The van der Waals surface area contributed by atoms with Crippen LogP contribution in [0.3, 0.4) is 0 Å². The number of fused-ring (bicyclic) bond motifs is 1. The second-order valence-electron chi connectivity index (χ2n) is 6.55. The van der Waals surface area contributed by atoms with Crippen LogP contribution >= 0.6 is 28.6 Å². The second-order valence-corrected chi connectivity index (χ2v) is 6.98. The van der Waals surface area contributed by atoms with Crippen LogP contribution in [0.4, 0.5) is 0 Å². The first-order valence-electron chi connectivity index (χ1n) is 8.09. The molecule has 0 fully saturated rings. The molecule has 1 heterocycles. The highest BCUT2D eigenvalue weighted by Gasteiger charge is 2.24. The molecule has 0 bridgehead atoms. The van der Waals surface area contributed by atoms with E-state index in [1.165, 1.54) is 28.7 Å². The lowest BCUT2D eigenvalue weighted by Crippen LogP contribution is -2.32. The Hall–Kier alpha value is -0.830. The number of likely N-dealkylation sites (N-methyl/N-ethyl adjacent to an activating group) is 1. The Morgan fingerprint density at radius 1 is 1.09 bits per heavy atom. The van der Waals surface area contributed by atoms with E-state index in [2.05, 4.69) is 50.1 Å². The van der Waals surface area contributed by atoms with Gasteiger partial charge in [0.2, 0.25) is 0 Å². The van der Waals surface area contributed by atoms with Crippen molar-refractivity contribution in [2.75, 3.05) is 13.6 Å². The topological polar surface area (TPSA) is 3.24 Å². The minimum atomic E-state index is 0. The van der Waals surface area contributed by atoms with Crippen LogP contribution in [0.1, 0.15) is 40.3 Å². The van der Waals surface area contributed by atoms with Crippen LogP contribution < -0.4 is 0 Å². The second kappa shape index (κ2) is 7.83. The first-order chi connectivity index (χ1) is 10.5. The summed E-state index contributed by atoms with van der Waals surface area (Å²) >= 11 is 5.97. The predicted molar refractivity (Wildman–Crippen MR) is 105 cm³/mol. The van der Waals surface area contributed by atoms with Crippen molar-refractivity contribution in [1.82, 2.24) is 4.90 Å². The number of aryl methyl sites for hydroxylation is 3. The van der Waals surface area contributed by atoms with Crippen LogP contribution in [0.5, 0.6) is 0 Å². The third kappa shape index (κ3) is 4.17. The van der Waals surface area contributed by atoms with E-state index >= 15 is 0 Å². The quantitative estimate of drug-likeness (QED) is 0.645. The van der Waals surface area contributed by atoms with Crippen molar-refractivity contribution in [2.24, 2.45) is 0 Å². The molecule has 2 aromatic carbocycles. The van der Waals surface area contributed by atoms with Gasteiger partial charge in [0.05, 0.1) is 0 Å². The molecule has 3 heteroatoms. The van der Waals surface area contributed by atoms with Crippen molar-refractivity contribution in [3.05, 3.63) is 69.2 Å². The summed E-state index contributed by atoms with van der Waals surface area (Å²) in [5.74, 6) is 0. The summed E-state index contributed by atoms with van der Waals surface area (Å²) in [7, 11) is 2.25. The lowest BCUT2D eigenvalue weighted by atomic mass is 9.87. The first-order valence-corrected chi connectivity index (χ1v) is 8.47. The molecule has 0 spiro atoms. The molecule has 1 nitrogen and oxygen atoms in total. The summed E-state index contributed by atoms with van der Waals surface area (Å²) in [5, 5.41) is 0.815. The maximum absolute atomic E-state index is 5.97. The third-order valence-corrected chi connectivity index (χ3v) is 5.25. The van der Waals surface area contributed by atoms with Gasteiger partial charge in [0.25, 0.3) is 0 Å². The molecule has 124 valence electrons. The van der Waals surface area contributed by atoms with Gasteiger partial charge in [-0.3, -0.25) is 4.90 Å². The summed E-state index contributed by atoms with van der Waals surface area (Å²) in [6, 6.07) is 13.6. The lowest BCUT2D eigenvalue weighted by Gasteiger charge is -2.35. The normalized spacial score (nSPS) is 17.5. The van der Waals surface area contributed by atoms with Crippen molar-refractivity contribution in [3.8, 4) is 0 Å². The van der Waals surface area contributed by atoms with Crippen molar-refractivity contribution < 1.29 is 0 Å². The van der Waals surface area contributed by atoms with E-state index in [1.807, 2.05) is 12.1 Å². The van der Waals surface area contributed by atoms with Gasteiger partial charge in [-0.05, 0) is 80.1 Å². The zero-order chi connectivity index (χ0) is 15.7. The molecule has 2 aromatic rings. The van der Waals surface area contributed by atoms with E-state index in [-0.39, 0.29) is 17.0 Å². The molecule has 1 aliphatic rings. The Morgan fingerprint density at radius 2 is 1.74 bits per heavy atom. The average Bonchev–Trinajstić information content (AvgIpc) is 2.50. The van der Waals surface area contributed by atoms with Crippen molar-refractivity contribution in [2.45, 2.75) is 39.2 Å². The smallest absolute Gasteiger partial charge is 0.0406 e. The number of rotatable bonds is 3. The van der Waals surface area contributed by atoms with E-state index in [1.54, 1.807) is 5.56 Å². The molecule has 0 saturated carbocycles. The Morgan fingerprint density at radius 3 is 2.43 bits per heavy atom. The van der Waals surface area contributed by atoms with E-state index in [0.717, 1.165) is 24.4 Å². The van der Waals surface area contributed by atoms with Crippen LogP contribution in [0.2, 0.25) is 5.02 Å². The largest absolute Gasteiger partial charge is 0.299 e. The van der Waals surface area contributed by atoms with Gasteiger partial charge in [-0.1, -0.05) is 35.9 Å². The minimum Gasteiger partial charge on any atom is -0.299 e. The molecular formula is C20H25BrClN. The number of halogens is 2. The molecule has 0 N–H and O–H groups in total. The van der Waals surface area contributed by atoms with Gasteiger partial charge in [0.1, 0.15) is 0 Å². The highest BCUT2D eigenvalue weighted by Crippen LogP contribution is 2.33. The van der Waals surface area contributed by atoms with Crippen molar-refractivity contribution >= 4 is 28.6 Å². The van der Waals surface area contributed by atoms with Crippen molar-refractivity contribution in [3.63, 3.8) is 0 Å². The monoisotopic (exact) mass is 393 g/mol. The maximum atomic E-state index is 5.97. The van der Waals surface area contributed by atoms with Crippen LogP contribution in [-0.2, 0) is 12.8 Å². The van der Waals surface area contributed by atoms with E-state index in [4.69, 9.17) is 11.6 Å². The number of hydrogen-bond donors (Lipinski definition) is 0. The lowest BCUT2D eigenvalue weighted by molar-refractivity contribution is 0.219. The molecular weight excluding hydrogens is 370 g/mol. The first kappa shape index (κ1) is 18.5. The summed E-state index contributed by atoms with van der Waals surface area (Å²) < 4.78 is 0. The summed E-state index contributed by atoms with van der Waals surface area (Å²) in [5.41, 5.74) is 7.27. The average molecular weight is 395 g/mol. The van der Waals surface area contributed by atoms with Crippen LogP contribution in [0, 0.1) is 13.8 Å².